The van der Waals surface area contributed by atoms with Crippen LogP contribution in [0.2, 0.25) is 5.02 Å². The minimum absolute atomic E-state index is 0.0164. The van der Waals surface area contributed by atoms with Crippen LogP contribution in [-0.4, -0.2) is 16.5 Å². The molecule has 0 amide bonds. The Kier molecular flexibility index (Phi) is 5.76. The summed E-state index contributed by atoms with van der Waals surface area (Å²) in [5.41, 5.74) is 0.521. The van der Waals surface area contributed by atoms with Crippen molar-refractivity contribution in [2.75, 3.05) is 6.54 Å². The van der Waals surface area contributed by atoms with E-state index in [1.807, 2.05) is 6.92 Å². The Labute approximate surface area is 129 Å². The zero-order valence-electron chi connectivity index (χ0n) is 12.6. The van der Waals surface area contributed by atoms with Crippen molar-refractivity contribution in [3.63, 3.8) is 0 Å². The fourth-order valence-electron chi connectivity index (χ4n) is 2.30. The monoisotopic (exact) mass is 307 g/mol. The van der Waals surface area contributed by atoms with E-state index in [1.165, 1.54) is 19.3 Å². The third-order valence-electron chi connectivity index (χ3n) is 3.58. The van der Waals surface area contributed by atoms with Gasteiger partial charge in [-0.3, -0.25) is 4.79 Å². The minimum atomic E-state index is -0.119. The molecule has 0 radical (unpaired) electrons. The zero-order valence-corrected chi connectivity index (χ0v) is 13.3. The summed E-state index contributed by atoms with van der Waals surface area (Å²) in [5, 5.41) is 4.56. The topological polar surface area (TPSA) is 57.8 Å². The Bertz CT molecular complexity index is 654. The Hall–Kier alpha value is -1.39. The highest BCUT2D eigenvalue weighted by molar-refractivity contribution is 6.31. The Balaban J connectivity index is 2.09. The summed E-state index contributed by atoms with van der Waals surface area (Å²) in [6.07, 6.45) is 4.87. The number of hydrogen-bond donors (Lipinski definition) is 2. The summed E-state index contributed by atoms with van der Waals surface area (Å²) in [6, 6.07) is 5.15. The molecular formula is C16H22ClN3O. The quantitative estimate of drug-likeness (QED) is 0.765. The maximum absolute atomic E-state index is 12.1. The van der Waals surface area contributed by atoms with Crippen molar-refractivity contribution in [1.29, 1.82) is 0 Å². The van der Waals surface area contributed by atoms with Crippen LogP contribution in [0.4, 0.5) is 0 Å². The van der Waals surface area contributed by atoms with E-state index in [-0.39, 0.29) is 11.6 Å². The molecule has 1 heterocycles. The van der Waals surface area contributed by atoms with Gasteiger partial charge in [-0.15, -0.1) is 0 Å². The number of H-pyrrole nitrogens is 1. The fraction of sp³-hybridized carbons (Fsp3) is 0.500. The number of halogens is 1. The lowest BCUT2D eigenvalue weighted by atomic mass is 10.2. The Morgan fingerprint density at radius 3 is 2.90 bits per heavy atom. The highest BCUT2D eigenvalue weighted by Gasteiger charge is 2.10. The number of rotatable bonds is 7. The normalized spacial score (nSPS) is 12.7. The molecular weight excluding hydrogens is 286 g/mol. The number of benzene rings is 1. The zero-order chi connectivity index (χ0) is 15.2. The molecule has 0 bridgehead atoms. The van der Waals surface area contributed by atoms with E-state index < -0.39 is 0 Å². The van der Waals surface area contributed by atoms with Gasteiger partial charge < -0.3 is 10.3 Å². The predicted molar refractivity (Wildman–Crippen MR) is 87.9 cm³/mol. The first-order valence-electron chi connectivity index (χ1n) is 7.54. The molecule has 0 saturated heterocycles. The van der Waals surface area contributed by atoms with Crippen molar-refractivity contribution in [3.8, 4) is 0 Å². The van der Waals surface area contributed by atoms with Crippen molar-refractivity contribution in [3.05, 3.63) is 39.4 Å². The lowest BCUT2D eigenvalue weighted by Gasteiger charge is -2.13. The predicted octanol–water partition coefficient (Wildman–Crippen LogP) is 3.81. The average Bonchev–Trinajstić information content (AvgIpc) is 2.46. The maximum Gasteiger partial charge on any atom is 0.258 e. The van der Waals surface area contributed by atoms with Crippen LogP contribution >= 0.6 is 11.6 Å². The number of aromatic amines is 1. The molecule has 0 aliphatic carbocycles. The third kappa shape index (κ3) is 4.29. The van der Waals surface area contributed by atoms with Gasteiger partial charge in [0.05, 0.1) is 16.9 Å². The van der Waals surface area contributed by atoms with Crippen molar-refractivity contribution >= 4 is 22.5 Å². The second-order valence-corrected chi connectivity index (χ2v) is 5.79. The molecule has 0 fully saturated rings. The molecule has 2 aromatic rings. The lowest BCUT2D eigenvalue weighted by molar-refractivity contribution is 0.518. The lowest BCUT2D eigenvalue weighted by Crippen LogP contribution is -2.24. The summed E-state index contributed by atoms with van der Waals surface area (Å²) in [6.45, 7) is 5.14. The van der Waals surface area contributed by atoms with E-state index in [0.29, 0.717) is 21.7 Å². The number of nitrogens with one attached hydrogen (secondary N) is 2. The van der Waals surface area contributed by atoms with E-state index in [4.69, 9.17) is 11.6 Å². The van der Waals surface area contributed by atoms with Crippen LogP contribution < -0.4 is 10.9 Å². The molecule has 0 aliphatic rings. The SMILES string of the molecule is CCCCCCN[C@@H](C)c1nc2cc(Cl)ccc2c(=O)[nH]1. The van der Waals surface area contributed by atoms with Crippen molar-refractivity contribution in [1.82, 2.24) is 15.3 Å². The van der Waals surface area contributed by atoms with E-state index in [1.54, 1.807) is 18.2 Å². The molecule has 21 heavy (non-hydrogen) atoms. The van der Waals surface area contributed by atoms with E-state index >= 15 is 0 Å². The van der Waals surface area contributed by atoms with Gasteiger partial charge >= 0.3 is 0 Å². The van der Waals surface area contributed by atoms with Gasteiger partial charge in [0.1, 0.15) is 5.82 Å². The van der Waals surface area contributed by atoms with Crippen molar-refractivity contribution in [2.24, 2.45) is 0 Å². The van der Waals surface area contributed by atoms with Crippen LogP contribution in [-0.2, 0) is 0 Å². The van der Waals surface area contributed by atoms with E-state index in [2.05, 4.69) is 22.2 Å². The van der Waals surface area contributed by atoms with Crippen LogP contribution in [0, 0.1) is 0 Å². The number of nitrogens with zero attached hydrogens (tertiary/aromatic N) is 1. The second kappa shape index (κ2) is 7.57. The van der Waals surface area contributed by atoms with Crippen LogP contribution in [0.25, 0.3) is 10.9 Å². The minimum Gasteiger partial charge on any atom is -0.309 e. The van der Waals surface area contributed by atoms with Gasteiger partial charge in [0.15, 0.2) is 0 Å². The van der Waals surface area contributed by atoms with Gasteiger partial charge in [-0.05, 0) is 38.1 Å². The van der Waals surface area contributed by atoms with E-state index in [0.717, 1.165) is 13.0 Å². The second-order valence-electron chi connectivity index (χ2n) is 5.35. The molecule has 1 atom stereocenters. The highest BCUT2D eigenvalue weighted by Crippen LogP contribution is 2.16. The molecule has 0 saturated carbocycles. The highest BCUT2D eigenvalue weighted by atomic mass is 35.5. The molecule has 1 aromatic carbocycles. The maximum atomic E-state index is 12.1. The smallest absolute Gasteiger partial charge is 0.258 e. The summed E-state index contributed by atoms with van der Waals surface area (Å²) >= 11 is 5.97. The first kappa shape index (κ1) is 16.0. The van der Waals surface area contributed by atoms with Crippen LogP contribution in [0.3, 0.4) is 0 Å². The van der Waals surface area contributed by atoms with Gasteiger partial charge in [-0.1, -0.05) is 37.8 Å². The Morgan fingerprint density at radius 2 is 2.14 bits per heavy atom. The molecule has 0 unspecified atom stereocenters. The standard InChI is InChI=1S/C16H22ClN3O/c1-3-4-5-6-9-18-11(2)15-19-14-10-12(17)7-8-13(14)16(21)20-15/h7-8,10-11,18H,3-6,9H2,1-2H3,(H,19,20,21)/t11-/m0/s1. The van der Waals surface area contributed by atoms with E-state index in [9.17, 15) is 4.79 Å². The molecule has 5 heteroatoms. The molecule has 1 aromatic heterocycles. The molecule has 2 rings (SSSR count). The van der Waals surface area contributed by atoms with Gasteiger partial charge in [0.2, 0.25) is 0 Å². The summed E-state index contributed by atoms with van der Waals surface area (Å²) in [4.78, 5) is 19.4. The molecule has 0 aliphatic heterocycles. The summed E-state index contributed by atoms with van der Waals surface area (Å²) < 4.78 is 0. The number of aromatic nitrogens is 2. The van der Waals surface area contributed by atoms with Gasteiger partial charge in [0, 0.05) is 5.02 Å². The van der Waals surface area contributed by atoms with Crippen LogP contribution in [0.1, 0.15) is 51.4 Å². The van der Waals surface area contributed by atoms with Gasteiger partial charge in [-0.2, -0.15) is 0 Å². The first-order valence-corrected chi connectivity index (χ1v) is 7.92. The first-order chi connectivity index (χ1) is 10.1. The third-order valence-corrected chi connectivity index (χ3v) is 3.81. The largest absolute Gasteiger partial charge is 0.309 e. The average molecular weight is 308 g/mol. The number of fused-ring (bicyclic) bond motifs is 1. The molecule has 4 nitrogen and oxygen atoms in total. The number of hydrogen-bond acceptors (Lipinski definition) is 3. The summed E-state index contributed by atoms with van der Waals surface area (Å²) in [7, 11) is 0. The van der Waals surface area contributed by atoms with Gasteiger partial charge in [-0.25, -0.2) is 4.98 Å². The van der Waals surface area contributed by atoms with Gasteiger partial charge in [0.25, 0.3) is 5.56 Å². The van der Waals surface area contributed by atoms with Crippen molar-refractivity contribution in [2.45, 2.75) is 45.6 Å². The summed E-state index contributed by atoms with van der Waals surface area (Å²) in [5.74, 6) is 0.658. The molecule has 0 spiro atoms. The Morgan fingerprint density at radius 1 is 1.33 bits per heavy atom. The fourth-order valence-corrected chi connectivity index (χ4v) is 2.47. The molecule has 2 N–H and O–H groups in total. The van der Waals surface area contributed by atoms with Crippen molar-refractivity contribution < 1.29 is 0 Å². The molecule has 114 valence electrons. The number of unbranched alkanes of at least 4 members (excludes halogenated alkanes) is 3. The van der Waals surface area contributed by atoms with Crippen LogP contribution in [0.15, 0.2) is 23.0 Å². The van der Waals surface area contributed by atoms with Crippen LogP contribution in [0.5, 0.6) is 0 Å².